The Balaban J connectivity index is 2.44. The number of anilines is 3. The van der Waals surface area contributed by atoms with E-state index in [1.165, 1.54) is 23.2 Å². The first-order valence-electron chi connectivity index (χ1n) is 9.74. The zero-order valence-electron chi connectivity index (χ0n) is 18.8. The molecule has 12 heteroatoms. The Morgan fingerprint density at radius 1 is 1.16 bits per heavy atom. The van der Waals surface area contributed by atoms with Gasteiger partial charge in [0.15, 0.2) is 5.75 Å². The Bertz CT molecular complexity index is 1120. The predicted octanol–water partition coefficient (Wildman–Crippen LogP) is 1.82. The van der Waals surface area contributed by atoms with E-state index in [2.05, 4.69) is 20.6 Å². The molecule has 1 heterocycles. The van der Waals surface area contributed by atoms with Crippen LogP contribution in [0.15, 0.2) is 24.4 Å². The Kier molecular flexibility index (Phi) is 7.62. The van der Waals surface area contributed by atoms with E-state index in [1.807, 2.05) is 20.8 Å². The molecule has 0 aliphatic rings. The second-order valence-electron chi connectivity index (χ2n) is 7.82. The number of hydrogen-bond donors (Lipinski definition) is 3. The van der Waals surface area contributed by atoms with Crippen LogP contribution in [-0.4, -0.2) is 61.5 Å². The van der Waals surface area contributed by atoms with Crippen LogP contribution < -0.4 is 20.6 Å². The highest BCUT2D eigenvalue weighted by Crippen LogP contribution is 2.27. The quantitative estimate of drug-likeness (QED) is 0.471. The van der Waals surface area contributed by atoms with Crippen molar-refractivity contribution in [1.29, 1.82) is 0 Å². The summed E-state index contributed by atoms with van der Waals surface area (Å²) in [6.45, 7) is 5.98. The summed E-state index contributed by atoms with van der Waals surface area (Å²) in [7, 11) is -0.801. The van der Waals surface area contributed by atoms with Crippen LogP contribution in [0.25, 0.3) is 0 Å². The van der Waals surface area contributed by atoms with Gasteiger partial charge in [-0.3, -0.25) is 9.59 Å². The molecule has 0 fully saturated rings. The summed E-state index contributed by atoms with van der Waals surface area (Å²) in [5, 5.41) is 6.07. The fraction of sp³-hybridized carbons (Fsp3) is 0.400. The van der Waals surface area contributed by atoms with Crippen LogP contribution in [0.1, 0.15) is 41.5 Å². The minimum absolute atomic E-state index is 0.00180. The van der Waals surface area contributed by atoms with Gasteiger partial charge in [0.1, 0.15) is 5.82 Å². The van der Waals surface area contributed by atoms with Crippen molar-refractivity contribution in [3.63, 3.8) is 0 Å². The maximum atomic E-state index is 12.4. The number of benzene rings is 1. The molecular weight excluding hydrogens is 436 g/mol. The molecule has 1 aromatic carbocycles. The van der Waals surface area contributed by atoms with Crippen molar-refractivity contribution >= 4 is 39.4 Å². The number of aromatic nitrogens is 2. The number of hydrogen-bond acceptors (Lipinski definition) is 9. The highest BCUT2D eigenvalue weighted by Gasteiger charge is 2.20. The van der Waals surface area contributed by atoms with Crippen molar-refractivity contribution in [3.05, 3.63) is 35.5 Å². The molecule has 2 aromatic rings. The molecular formula is C20H28N6O5S. The minimum atomic E-state index is -3.88. The van der Waals surface area contributed by atoms with Gasteiger partial charge >= 0.3 is 10.1 Å². The molecule has 174 valence electrons. The lowest BCUT2D eigenvalue weighted by Gasteiger charge is -2.20. The van der Waals surface area contributed by atoms with E-state index in [0.717, 1.165) is 6.26 Å². The first-order valence-corrected chi connectivity index (χ1v) is 11.6. The van der Waals surface area contributed by atoms with E-state index >= 15 is 0 Å². The molecule has 0 saturated heterocycles. The number of nitrogens with one attached hydrogen (secondary N) is 2. The van der Waals surface area contributed by atoms with E-state index in [9.17, 15) is 18.0 Å². The number of carbonyl (C=O) groups excluding carboxylic acids is 2. The number of primary amides is 1. The van der Waals surface area contributed by atoms with Gasteiger partial charge in [0.2, 0.25) is 5.95 Å². The second kappa shape index (κ2) is 9.81. The third-order valence-corrected chi connectivity index (χ3v) is 5.02. The second-order valence-corrected chi connectivity index (χ2v) is 9.40. The molecule has 1 unspecified atom stereocenters. The third-order valence-electron chi connectivity index (χ3n) is 4.53. The summed E-state index contributed by atoms with van der Waals surface area (Å²) < 4.78 is 28.4. The number of amides is 2. The van der Waals surface area contributed by atoms with E-state index in [1.54, 1.807) is 20.2 Å². The van der Waals surface area contributed by atoms with E-state index in [-0.39, 0.29) is 40.6 Å². The SMILES string of the molecule is CC(C)C(C)Nc1nc(Nc2ccc(C(=O)N(C)C)c(OS(C)(=O)=O)c2)ncc1C(N)=O. The maximum absolute atomic E-state index is 12.4. The highest BCUT2D eigenvalue weighted by atomic mass is 32.2. The number of nitrogens with zero attached hydrogens (tertiary/aromatic N) is 3. The van der Waals surface area contributed by atoms with Gasteiger partial charge in [-0.15, -0.1) is 0 Å². The Morgan fingerprint density at radius 3 is 2.34 bits per heavy atom. The first-order chi connectivity index (χ1) is 14.8. The lowest BCUT2D eigenvalue weighted by Crippen LogP contribution is -2.25. The first kappa shape index (κ1) is 24.9. The largest absolute Gasteiger partial charge is 0.382 e. The fourth-order valence-electron chi connectivity index (χ4n) is 2.49. The van der Waals surface area contributed by atoms with Crippen molar-refractivity contribution < 1.29 is 22.2 Å². The summed E-state index contributed by atoms with van der Waals surface area (Å²) in [5.74, 6) is -0.582. The van der Waals surface area contributed by atoms with Crippen LogP contribution in [0.3, 0.4) is 0 Å². The molecule has 0 bridgehead atoms. The number of nitrogens with two attached hydrogens (primary N) is 1. The normalized spacial score (nSPS) is 12.2. The Hall–Kier alpha value is -3.41. The lowest BCUT2D eigenvalue weighted by molar-refractivity contribution is 0.0825. The van der Waals surface area contributed by atoms with E-state index < -0.39 is 21.9 Å². The van der Waals surface area contributed by atoms with Crippen molar-refractivity contribution in [2.75, 3.05) is 31.0 Å². The third kappa shape index (κ3) is 6.54. The molecule has 0 spiro atoms. The average molecular weight is 465 g/mol. The van der Waals surface area contributed by atoms with Gasteiger partial charge in [0.05, 0.1) is 17.4 Å². The standard InChI is InChI=1S/C20H28N6O5S/c1-11(2)12(3)23-18-15(17(21)27)10-22-20(25-18)24-13-7-8-14(19(28)26(4)5)16(9-13)31-32(6,29)30/h7-12H,1-6H3,(H2,21,27)(H2,22,23,24,25). The molecule has 0 aliphatic carbocycles. The van der Waals surface area contributed by atoms with Crippen LogP contribution in [0.5, 0.6) is 5.75 Å². The van der Waals surface area contributed by atoms with Crippen molar-refractivity contribution in [3.8, 4) is 5.75 Å². The van der Waals surface area contributed by atoms with Gasteiger partial charge in [-0.05, 0) is 25.0 Å². The van der Waals surface area contributed by atoms with Gasteiger partial charge in [-0.2, -0.15) is 13.4 Å². The molecule has 32 heavy (non-hydrogen) atoms. The van der Waals surface area contributed by atoms with Crippen LogP contribution >= 0.6 is 0 Å². The zero-order chi connectivity index (χ0) is 24.2. The van der Waals surface area contributed by atoms with Gasteiger partial charge < -0.3 is 25.5 Å². The number of carbonyl (C=O) groups is 2. The summed E-state index contributed by atoms with van der Waals surface area (Å²) in [6, 6.07) is 4.35. The number of rotatable bonds is 9. The molecule has 1 atom stereocenters. The molecule has 2 rings (SSSR count). The highest BCUT2D eigenvalue weighted by molar-refractivity contribution is 7.86. The Labute approximate surface area is 187 Å². The van der Waals surface area contributed by atoms with Gasteiger partial charge in [0.25, 0.3) is 11.8 Å². The fourth-order valence-corrected chi connectivity index (χ4v) is 2.96. The average Bonchev–Trinajstić information content (AvgIpc) is 2.66. The van der Waals surface area contributed by atoms with Gasteiger partial charge in [0, 0.05) is 38.1 Å². The molecule has 4 N–H and O–H groups in total. The van der Waals surface area contributed by atoms with Crippen molar-refractivity contribution in [2.45, 2.75) is 26.8 Å². The van der Waals surface area contributed by atoms with Gasteiger partial charge in [-0.25, -0.2) is 4.98 Å². The monoisotopic (exact) mass is 464 g/mol. The predicted molar refractivity (Wildman–Crippen MR) is 122 cm³/mol. The smallest absolute Gasteiger partial charge is 0.306 e. The van der Waals surface area contributed by atoms with Crippen molar-refractivity contribution in [1.82, 2.24) is 14.9 Å². The molecule has 11 nitrogen and oxygen atoms in total. The van der Waals surface area contributed by atoms with E-state index in [4.69, 9.17) is 9.92 Å². The lowest BCUT2D eigenvalue weighted by atomic mass is 10.1. The molecule has 2 amide bonds. The minimum Gasteiger partial charge on any atom is -0.382 e. The van der Waals surface area contributed by atoms with E-state index in [0.29, 0.717) is 5.69 Å². The molecule has 0 saturated carbocycles. The molecule has 1 aromatic heterocycles. The summed E-state index contributed by atoms with van der Waals surface area (Å²) in [4.78, 5) is 33.9. The Morgan fingerprint density at radius 2 is 1.81 bits per heavy atom. The molecule has 0 radical (unpaired) electrons. The maximum Gasteiger partial charge on any atom is 0.306 e. The summed E-state index contributed by atoms with van der Waals surface area (Å²) in [6.07, 6.45) is 2.18. The summed E-state index contributed by atoms with van der Waals surface area (Å²) in [5.41, 5.74) is 6.01. The van der Waals surface area contributed by atoms with Crippen LogP contribution in [0, 0.1) is 5.92 Å². The zero-order valence-corrected chi connectivity index (χ0v) is 19.6. The van der Waals surface area contributed by atoms with Gasteiger partial charge in [-0.1, -0.05) is 13.8 Å². The summed E-state index contributed by atoms with van der Waals surface area (Å²) >= 11 is 0. The molecule has 0 aliphatic heterocycles. The topological polar surface area (TPSA) is 157 Å². The van der Waals surface area contributed by atoms with Crippen LogP contribution in [-0.2, 0) is 10.1 Å². The van der Waals surface area contributed by atoms with Crippen LogP contribution in [0.2, 0.25) is 0 Å². The van der Waals surface area contributed by atoms with Crippen LogP contribution in [0.4, 0.5) is 17.5 Å². The van der Waals surface area contributed by atoms with Crippen molar-refractivity contribution in [2.24, 2.45) is 11.7 Å².